The molecule has 12 heavy (non-hydrogen) atoms. The van der Waals surface area contributed by atoms with Crippen LogP contribution in [0.5, 0.6) is 0 Å². The molecule has 0 aliphatic heterocycles. The lowest BCUT2D eigenvalue weighted by Gasteiger charge is -2.06. The molecule has 0 spiro atoms. The van der Waals surface area contributed by atoms with E-state index in [9.17, 15) is 0 Å². The maximum Gasteiger partial charge on any atom is 0.117 e. The zero-order valence-electron chi connectivity index (χ0n) is 7.29. The molecule has 1 rings (SSSR count). The third kappa shape index (κ3) is 2.34. The smallest absolute Gasteiger partial charge is 0.117 e. The van der Waals surface area contributed by atoms with Crippen molar-refractivity contribution >= 4 is 11.5 Å². The van der Waals surface area contributed by atoms with Gasteiger partial charge in [-0.2, -0.15) is 0 Å². The first-order valence-electron chi connectivity index (χ1n) is 3.77. The van der Waals surface area contributed by atoms with Gasteiger partial charge in [0.2, 0.25) is 0 Å². The van der Waals surface area contributed by atoms with Crippen LogP contribution in [0.1, 0.15) is 13.3 Å². The molecule has 0 atom stereocenters. The lowest BCUT2D eigenvalue weighted by atomic mass is 10.1. The molecule has 0 aromatic rings. The molecule has 1 aliphatic carbocycles. The summed E-state index contributed by atoms with van der Waals surface area (Å²) < 4.78 is 5.01. The fourth-order valence-electron chi connectivity index (χ4n) is 0.969. The summed E-state index contributed by atoms with van der Waals surface area (Å²) in [5.74, 6) is 1.19. The van der Waals surface area contributed by atoms with E-state index in [1.807, 2.05) is 18.2 Å². The molecule has 0 fully saturated rings. The van der Waals surface area contributed by atoms with Gasteiger partial charge in [0.25, 0.3) is 0 Å². The van der Waals surface area contributed by atoms with Gasteiger partial charge in [0.1, 0.15) is 11.6 Å². The molecule has 1 aliphatic rings. The van der Waals surface area contributed by atoms with Crippen molar-refractivity contribution in [1.82, 2.24) is 0 Å². The molecule has 0 aromatic carbocycles. The molecule has 0 heterocycles. The number of amidine groups is 1. The number of nitrogens with one attached hydrogen (secondary N) is 1. The number of allylic oxidation sites excluding steroid dienone is 3. The normalized spacial score (nSPS) is 19.2. The molecule has 0 aromatic heterocycles. The fourth-order valence-corrected chi connectivity index (χ4v) is 0.969. The van der Waals surface area contributed by atoms with Crippen molar-refractivity contribution in [2.24, 2.45) is 4.99 Å². The molecule has 0 saturated carbocycles. The SMILES string of the molecule is COC1=CCC(=NC(C)=N)C=C1. The Labute approximate surface area is 72.0 Å². The highest BCUT2D eigenvalue weighted by atomic mass is 16.5. The number of rotatable bonds is 1. The van der Waals surface area contributed by atoms with Crippen LogP contribution in [-0.2, 0) is 4.74 Å². The van der Waals surface area contributed by atoms with Crippen LogP contribution >= 0.6 is 0 Å². The maximum absolute atomic E-state index is 7.15. The minimum absolute atomic E-state index is 0.337. The van der Waals surface area contributed by atoms with E-state index in [4.69, 9.17) is 10.1 Å². The highest BCUT2D eigenvalue weighted by Crippen LogP contribution is 2.08. The van der Waals surface area contributed by atoms with Crippen LogP contribution in [0, 0.1) is 5.41 Å². The molecule has 0 radical (unpaired) electrons. The Kier molecular flexibility index (Phi) is 2.80. The van der Waals surface area contributed by atoms with E-state index in [0.717, 1.165) is 17.9 Å². The molecule has 64 valence electrons. The van der Waals surface area contributed by atoms with E-state index >= 15 is 0 Å². The number of aliphatic imine (C=N–C) groups is 1. The van der Waals surface area contributed by atoms with Gasteiger partial charge in [-0.15, -0.1) is 0 Å². The van der Waals surface area contributed by atoms with E-state index in [0.29, 0.717) is 5.84 Å². The highest BCUT2D eigenvalue weighted by molar-refractivity contribution is 6.04. The van der Waals surface area contributed by atoms with Crippen LogP contribution in [0.2, 0.25) is 0 Å². The standard InChI is InChI=1S/C9H12N2O/c1-7(10)11-8-3-5-9(12-2)6-4-8/h3,5-6,10H,4H2,1-2H3. The third-order valence-corrected chi connectivity index (χ3v) is 1.50. The summed E-state index contributed by atoms with van der Waals surface area (Å²) in [4.78, 5) is 4.02. The third-order valence-electron chi connectivity index (χ3n) is 1.50. The van der Waals surface area contributed by atoms with E-state index in [2.05, 4.69) is 4.99 Å². The Bertz CT molecular complexity index is 274. The second-order valence-electron chi connectivity index (χ2n) is 2.54. The summed E-state index contributed by atoms with van der Waals surface area (Å²) in [7, 11) is 1.64. The van der Waals surface area contributed by atoms with Gasteiger partial charge in [-0.25, -0.2) is 4.99 Å². The molecule has 0 bridgehead atoms. The lowest BCUT2D eigenvalue weighted by molar-refractivity contribution is 0.305. The zero-order valence-corrected chi connectivity index (χ0v) is 7.29. The molecule has 1 N–H and O–H groups in total. The van der Waals surface area contributed by atoms with Crippen LogP contribution in [0.15, 0.2) is 29.0 Å². The van der Waals surface area contributed by atoms with E-state index in [1.54, 1.807) is 14.0 Å². The van der Waals surface area contributed by atoms with Gasteiger partial charge >= 0.3 is 0 Å². The van der Waals surface area contributed by atoms with Crippen molar-refractivity contribution in [2.45, 2.75) is 13.3 Å². The maximum atomic E-state index is 7.15. The van der Waals surface area contributed by atoms with Crippen LogP contribution in [0.4, 0.5) is 0 Å². The summed E-state index contributed by atoms with van der Waals surface area (Å²) >= 11 is 0. The van der Waals surface area contributed by atoms with Crippen LogP contribution in [0.25, 0.3) is 0 Å². The summed E-state index contributed by atoms with van der Waals surface area (Å²) in [6.07, 6.45) is 6.42. The molecule has 3 nitrogen and oxygen atoms in total. The van der Waals surface area contributed by atoms with Gasteiger partial charge in [0.15, 0.2) is 0 Å². The zero-order chi connectivity index (χ0) is 8.97. The predicted molar refractivity (Wildman–Crippen MR) is 49.7 cm³/mol. The lowest BCUT2D eigenvalue weighted by Crippen LogP contribution is -2.01. The van der Waals surface area contributed by atoms with E-state index in [-0.39, 0.29) is 0 Å². The summed E-state index contributed by atoms with van der Waals surface area (Å²) in [6, 6.07) is 0. The van der Waals surface area contributed by atoms with Crippen LogP contribution < -0.4 is 0 Å². The van der Waals surface area contributed by atoms with E-state index in [1.165, 1.54) is 0 Å². The minimum Gasteiger partial charge on any atom is -0.497 e. The number of ether oxygens (including phenoxy) is 1. The van der Waals surface area contributed by atoms with Gasteiger partial charge in [0, 0.05) is 12.1 Å². The van der Waals surface area contributed by atoms with Gasteiger partial charge in [0.05, 0.1) is 7.11 Å². The van der Waals surface area contributed by atoms with Crippen molar-refractivity contribution in [1.29, 1.82) is 5.41 Å². The monoisotopic (exact) mass is 164 g/mol. The number of nitrogens with zero attached hydrogens (tertiary/aromatic N) is 1. The second-order valence-corrected chi connectivity index (χ2v) is 2.54. The Morgan fingerprint density at radius 2 is 2.33 bits per heavy atom. The van der Waals surface area contributed by atoms with Gasteiger partial charge in [-0.1, -0.05) is 0 Å². The molecule has 3 heteroatoms. The van der Waals surface area contributed by atoms with Crippen molar-refractivity contribution in [3.05, 3.63) is 24.0 Å². The average Bonchev–Trinajstić information content (AvgIpc) is 2.05. The number of hydrogen-bond acceptors (Lipinski definition) is 2. The Morgan fingerprint density at radius 3 is 2.75 bits per heavy atom. The molecular weight excluding hydrogens is 152 g/mol. The summed E-state index contributed by atoms with van der Waals surface area (Å²) in [5.41, 5.74) is 0.906. The summed E-state index contributed by atoms with van der Waals surface area (Å²) in [6.45, 7) is 1.66. The average molecular weight is 164 g/mol. The number of hydrogen-bond donors (Lipinski definition) is 1. The second kappa shape index (κ2) is 3.85. The highest BCUT2D eigenvalue weighted by Gasteiger charge is 2.01. The van der Waals surface area contributed by atoms with Crippen LogP contribution in [-0.4, -0.2) is 18.7 Å². The first kappa shape index (κ1) is 8.71. The quantitative estimate of drug-likeness (QED) is 0.467. The topological polar surface area (TPSA) is 45.4 Å². The number of methoxy groups -OCH3 is 1. The molecule has 0 unspecified atom stereocenters. The Balaban J connectivity index is 2.65. The predicted octanol–water partition coefficient (Wildman–Crippen LogP) is 1.91. The molecule has 0 saturated heterocycles. The summed E-state index contributed by atoms with van der Waals surface area (Å²) in [5, 5.41) is 7.15. The molecule has 0 amide bonds. The Hall–Kier alpha value is -1.38. The van der Waals surface area contributed by atoms with Crippen molar-refractivity contribution in [3.8, 4) is 0 Å². The Morgan fingerprint density at radius 1 is 1.58 bits per heavy atom. The van der Waals surface area contributed by atoms with Crippen molar-refractivity contribution < 1.29 is 4.74 Å². The van der Waals surface area contributed by atoms with E-state index < -0.39 is 0 Å². The first-order valence-corrected chi connectivity index (χ1v) is 3.77. The largest absolute Gasteiger partial charge is 0.497 e. The van der Waals surface area contributed by atoms with Crippen molar-refractivity contribution in [3.63, 3.8) is 0 Å². The van der Waals surface area contributed by atoms with Crippen LogP contribution in [0.3, 0.4) is 0 Å². The first-order chi connectivity index (χ1) is 5.72. The fraction of sp³-hybridized carbons (Fsp3) is 0.333. The minimum atomic E-state index is 0.337. The van der Waals surface area contributed by atoms with Gasteiger partial charge in [-0.3, -0.25) is 5.41 Å². The van der Waals surface area contributed by atoms with Gasteiger partial charge < -0.3 is 4.74 Å². The van der Waals surface area contributed by atoms with Gasteiger partial charge in [-0.05, 0) is 25.2 Å². The molecular formula is C9H12N2O. The van der Waals surface area contributed by atoms with Crippen molar-refractivity contribution in [2.75, 3.05) is 7.11 Å².